The third-order valence-electron chi connectivity index (χ3n) is 5.74. The number of rotatable bonds is 7. The average Bonchev–Trinajstić information content (AvgIpc) is 2.78. The molecule has 35 heavy (non-hydrogen) atoms. The number of carbonyl (C=O) groups is 2. The molecule has 1 heterocycles. The Morgan fingerprint density at radius 3 is 2.49 bits per heavy atom. The second-order valence-corrected chi connectivity index (χ2v) is 8.26. The normalized spacial score (nSPS) is 21.1. The van der Waals surface area contributed by atoms with E-state index in [1.165, 1.54) is 19.5 Å². The molecule has 9 nitrogen and oxygen atoms in total. The van der Waals surface area contributed by atoms with Crippen LogP contribution in [0.3, 0.4) is 0 Å². The number of amides is 2. The first-order valence-electron chi connectivity index (χ1n) is 10.4. The molecule has 0 radical (unpaired) electrons. The number of fused-ring (bicyclic) bond motifs is 2. The largest absolute Gasteiger partial charge is 0.484 e. The number of nitrogens with zero attached hydrogens (tertiary/aromatic N) is 2. The van der Waals surface area contributed by atoms with E-state index in [9.17, 15) is 32.3 Å². The van der Waals surface area contributed by atoms with Crippen LogP contribution in [0.15, 0.2) is 41.9 Å². The van der Waals surface area contributed by atoms with E-state index in [0.29, 0.717) is 30.7 Å². The van der Waals surface area contributed by atoms with Gasteiger partial charge in [-0.3, -0.25) is 9.59 Å². The minimum atomic E-state index is -4.84. The highest BCUT2D eigenvalue weighted by molar-refractivity contribution is 5.94. The van der Waals surface area contributed by atoms with Crippen LogP contribution in [-0.2, 0) is 11.0 Å². The molecule has 5 rings (SSSR count). The van der Waals surface area contributed by atoms with Crippen molar-refractivity contribution < 1.29 is 41.7 Å². The van der Waals surface area contributed by atoms with Gasteiger partial charge in [0.1, 0.15) is 11.6 Å². The molecule has 2 amide bonds. The van der Waals surface area contributed by atoms with Crippen molar-refractivity contribution in [1.29, 1.82) is 0 Å². The number of aliphatic hydroxyl groups excluding tert-OH is 1. The number of benzene rings is 1. The lowest BCUT2D eigenvalue weighted by atomic mass is 9.63. The summed E-state index contributed by atoms with van der Waals surface area (Å²) in [7, 11) is 1.40. The van der Waals surface area contributed by atoms with Crippen molar-refractivity contribution in [1.82, 2.24) is 20.6 Å². The maximum Gasteiger partial charge on any atom is 0.419 e. The highest BCUT2D eigenvalue weighted by Crippen LogP contribution is 2.48. The Hall–Kier alpha value is -3.74. The highest BCUT2D eigenvalue weighted by atomic mass is 19.4. The summed E-state index contributed by atoms with van der Waals surface area (Å²) in [5, 5.41) is 15.9. The maximum absolute atomic E-state index is 13.6. The van der Waals surface area contributed by atoms with Crippen molar-refractivity contribution in [2.75, 3.05) is 13.7 Å². The molecule has 1 aromatic heterocycles. The lowest BCUT2D eigenvalue weighted by molar-refractivity contribution is -0.140. The summed E-state index contributed by atoms with van der Waals surface area (Å²) in [5.41, 5.74) is -0.853. The molecule has 1 fully saturated rings. The van der Waals surface area contributed by atoms with E-state index in [2.05, 4.69) is 20.6 Å². The molecule has 1 atom stereocenters. The van der Waals surface area contributed by atoms with Crippen LogP contribution in [0, 0.1) is 5.82 Å². The second kappa shape index (κ2) is 9.13. The van der Waals surface area contributed by atoms with Crippen LogP contribution in [0.1, 0.15) is 35.2 Å². The van der Waals surface area contributed by atoms with Crippen molar-refractivity contribution in [3.63, 3.8) is 0 Å². The van der Waals surface area contributed by atoms with E-state index < -0.39 is 47.6 Å². The molecule has 13 heteroatoms. The molecular weight excluding hydrogens is 476 g/mol. The average molecular weight is 496 g/mol. The predicted octanol–water partition coefficient (Wildman–Crippen LogP) is 2.12. The molecule has 2 bridgehead atoms. The van der Waals surface area contributed by atoms with Gasteiger partial charge in [0.05, 0.1) is 29.9 Å². The number of carbonyl (C=O) groups excluding carboxylic acids is 2. The van der Waals surface area contributed by atoms with Crippen LogP contribution < -0.4 is 20.1 Å². The van der Waals surface area contributed by atoms with Crippen molar-refractivity contribution in [2.45, 2.75) is 37.1 Å². The van der Waals surface area contributed by atoms with Crippen LogP contribution in [0.4, 0.5) is 17.6 Å². The third-order valence-corrected chi connectivity index (χ3v) is 5.74. The number of hydrogen-bond acceptors (Lipinski definition) is 7. The summed E-state index contributed by atoms with van der Waals surface area (Å²) in [6.45, 7) is -0.604. The highest BCUT2D eigenvalue weighted by Gasteiger charge is 2.50. The molecular formula is C22H20F4N4O5. The van der Waals surface area contributed by atoms with E-state index >= 15 is 0 Å². The van der Waals surface area contributed by atoms with Crippen molar-refractivity contribution in [2.24, 2.45) is 0 Å². The smallest absolute Gasteiger partial charge is 0.419 e. The zero-order valence-corrected chi connectivity index (χ0v) is 18.3. The van der Waals surface area contributed by atoms with Gasteiger partial charge < -0.3 is 25.2 Å². The number of aliphatic hydroxyl groups is 1. The number of hydrogen-bond donors (Lipinski definition) is 3. The van der Waals surface area contributed by atoms with Gasteiger partial charge >= 0.3 is 12.2 Å². The van der Waals surface area contributed by atoms with E-state index in [1.807, 2.05) is 0 Å². The Labute approximate surface area is 196 Å². The summed E-state index contributed by atoms with van der Waals surface area (Å²) in [6, 6.07) is 2.10. The summed E-state index contributed by atoms with van der Waals surface area (Å²) < 4.78 is 61.5. The van der Waals surface area contributed by atoms with Crippen LogP contribution in [-0.4, -0.2) is 52.2 Å². The third kappa shape index (κ3) is 5.19. The predicted molar refractivity (Wildman–Crippen MR) is 111 cm³/mol. The van der Waals surface area contributed by atoms with Gasteiger partial charge in [-0.05, 0) is 30.5 Å². The number of alkyl halides is 3. The molecule has 0 unspecified atom stereocenters. The molecule has 3 N–H and O–H groups in total. The standard InChI is InChI=1S/C22H20F4N4O5/c1-34-20-27-8-12(9-28-20)19(33)30-21-5-11(6-21)18(16(31)7-21)29-17(32)10-35-13-2-3-14(15(23)4-13)22(24,25)26/h2-4,8-9,16,31H,5-7,10H2,1H3,(H,29,32)(H,30,33)/t16-/m0/s1. The monoisotopic (exact) mass is 496 g/mol. The van der Waals surface area contributed by atoms with Crippen LogP contribution >= 0.6 is 0 Å². The molecule has 0 aliphatic heterocycles. The van der Waals surface area contributed by atoms with Crippen LogP contribution in [0.25, 0.3) is 0 Å². The van der Waals surface area contributed by atoms with Gasteiger partial charge in [0, 0.05) is 30.6 Å². The topological polar surface area (TPSA) is 123 Å². The molecule has 1 aromatic carbocycles. The molecule has 3 aliphatic carbocycles. The minimum Gasteiger partial charge on any atom is -0.484 e. The first kappa shape index (κ1) is 24.4. The van der Waals surface area contributed by atoms with E-state index in [-0.39, 0.29) is 23.7 Å². The Bertz CT molecular complexity index is 1180. The number of nitrogens with one attached hydrogen (secondary N) is 2. The fraction of sp³-hybridized carbons (Fsp3) is 0.364. The van der Waals surface area contributed by atoms with E-state index in [1.54, 1.807) is 0 Å². The molecule has 186 valence electrons. The van der Waals surface area contributed by atoms with Gasteiger partial charge in [0.2, 0.25) is 0 Å². The van der Waals surface area contributed by atoms with Gasteiger partial charge in [-0.15, -0.1) is 0 Å². The fourth-order valence-corrected chi connectivity index (χ4v) is 4.12. The molecule has 1 saturated carbocycles. The van der Waals surface area contributed by atoms with Crippen LogP contribution in [0.2, 0.25) is 0 Å². The fourth-order valence-electron chi connectivity index (χ4n) is 4.12. The molecule has 0 saturated heterocycles. The first-order valence-corrected chi connectivity index (χ1v) is 10.4. The zero-order valence-electron chi connectivity index (χ0n) is 18.3. The van der Waals surface area contributed by atoms with E-state index in [4.69, 9.17) is 9.47 Å². The van der Waals surface area contributed by atoms with Gasteiger partial charge in [0.25, 0.3) is 11.8 Å². The number of aromatic nitrogens is 2. The molecule has 0 spiro atoms. The maximum atomic E-state index is 13.6. The number of ether oxygens (including phenoxy) is 2. The van der Waals surface area contributed by atoms with Crippen LogP contribution in [0.5, 0.6) is 11.8 Å². The van der Waals surface area contributed by atoms with Crippen molar-refractivity contribution in [3.05, 3.63) is 58.8 Å². The minimum absolute atomic E-state index is 0.120. The Kier molecular flexibility index (Phi) is 6.36. The molecule has 3 aliphatic rings. The number of halogens is 4. The van der Waals surface area contributed by atoms with Gasteiger partial charge in [-0.1, -0.05) is 0 Å². The Balaban J connectivity index is 1.32. The van der Waals surface area contributed by atoms with Gasteiger partial charge in [-0.2, -0.15) is 13.2 Å². The Morgan fingerprint density at radius 1 is 1.23 bits per heavy atom. The Morgan fingerprint density at radius 2 is 1.91 bits per heavy atom. The first-order chi connectivity index (χ1) is 16.5. The van der Waals surface area contributed by atoms with Gasteiger partial charge in [-0.25, -0.2) is 14.4 Å². The second-order valence-electron chi connectivity index (χ2n) is 8.26. The summed E-state index contributed by atoms with van der Waals surface area (Å²) >= 11 is 0. The van der Waals surface area contributed by atoms with Crippen molar-refractivity contribution >= 4 is 11.8 Å². The van der Waals surface area contributed by atoms with Gasteiger partial charge in [0.15, 0.2) is 6.61 Å². The number of methoxy groups -OCH3 is 1. The SMILES string of the molecule is COc1ncc(C(=O)NC23CC(=C(NC(=O)COc4ccc(C(F)(F)F)c(F)c4)[C@@H](O)C2)C3)cn1. The van der Waals surface area contributed by atoms with Crippen molar-refractivity contribution in [3.8, 4) is 11.8 Å². The lowest BCUT2D eigenvalue weighted by Gasteiger charge is -2.51. The molecule has 2 aromatic rings. The quantitative estimate of drug-likeness (QED) is 0.502. The zero-order chi connectivity index (χ0) is 25.4. The lowest BCUT2D eigenvalue weighted by Crippen LogP contribution is -2.61. The van der Waals surface area contributed by atoms with E-state index in [0.717, 1.165) is 11.6 Å². The summed E-state index contributed by atoms with van der Waals surface area (Å²) in [5.74, 6) is -2.85. The summed E-state index contributed by atoms with van der Waals surface area (Å²) in [4.78, 5) is 32.5. The summed E-state index contributed by atoms with van der Waals surface area (Å²) in [6.07, 6.45) is -2.29.